The van der Waals surface area contributed by atoms with Crippen molar-refractivity contribution in [2.24, 2.45) is 5.92 Å². The maximum absolute atomic E-state index is 13.6. The number of β-amino-alcohol motifs (C(OH)–C–C–N with tert-alkyl or cyclic N) is 1. The van der Waals surface area contributed by atoms with E-state index in [1.807, 2.05) is 13.1 Å². The molecule has 12 nitrogen and oxygen atoms in total. The van der Waals surface area contributed by atoms with Crippen LogP contribution < -0.4 is 10.6 Å². The summed E-state index contributed by atoms with van der Waals surface area (Å²) in [6.07, 6.45) is 5.23. The first-order chi connectivity index (χ1) is 23.4. The maximum atomic E-state index is 13.6. The van der Waals surface area contributed by atoms with Gasteiger partial charge >= 0.3 is 0 Å². The summed E-state index contributed by atoms with van der Waals surface area (Å²) in [7, 11) is -1.74. The van der Waals surface area contributed by atoms with Gasteiger partial charge < -0.3 is 25.5 Å². The lowest BCUT2D eigenvalue weighted by Crippen LogP contribution is -2.49. The highest BCUT2D eigenvalue weighted by Crippen LogP contribution is 2.33. The molecule has 3 N–H and O–H groups in total. The number of piperazine rings is 1. The number of carbonyl (C=O) groups excluding carboxylic acids is 3. The van der Waals surface area contributed by atoms with Crippen molar-refractivity contribution in [3.05, 3.63) is 77.2 Å². The number of amides is 3. The lowest BCUT2D eigenvalue weighted by atomic mass is 10.00. The van der Waals surface area contributed by atoms with Crippen molar-refractivity contribution in [1.82, 2.24) is 29.7 Å². The SMILES string of the molecule is C[C@H](NC(=O)[C@@H]1C[C@@H](O)CN1C(=O)CNC(=O)c1ccc2cc(F)ccc2n1)c1ccc(S(=O)(=O)N2CCN(C)CC2)cc1/C=C/C1CC1. The van der Waals surface area contributed by atoms with E-state index < -0.39 is 58.3 Å². The first-order valence-corrected chi connectivity index (χ1v) is 18.0. The van der Waals surface area contributed by atoms with Gasteiger partial charge in [-0.25, -0.2) is 17.8 Å². The van der Waals surface area contributed by atoms with E-state index in [9.17, 15) is 32.3 Å². The Morgan fingerprint density at radius 3 is 2.55 bits per heavy atom. The molecular formula is C35H41FN6O6S. The molecule has 2 aromatic carbocycles. The van der Waals surface area contributed by atoms with Crippen LogP contribution >= 0.6 is 0 Å². The van der Waals surface area contributed by atoms with Gasteiger partial charge in [0.1, 0.15) is 17.6 Å². The summed E-state index contributed by atoms with van der Waals surface area (Å²) in [5.41, 5.74) is 1.87. The van der Waals surface area contributed by atoms with E-state index >= 15 is 0 Å². The third-order valence-corrected chi connectivity index (χ3v) is 11.2. The van der Waals surface area contributed by atoms with Crippen molar-refractivity contribution in [3.63, 3.8) is 0 Å². The predicted octanol–water partition coefficient (Wildman–Crippen LogP) is 2.30. The van der Waals surface area contributed by atoms with Crippen LogP contribution in [0.15, 0.2) is 59.5 Å². The van der Waals surface area contributed by atoms with Crippen LogP contribution in [-0.2, 0) is 19.6 Å². The first kappa shape index (κ1) is 34.6. The Balaban J connectivity index is 1.13. The number of pyridine rings is 1. The Hall–Kier alpha value is -4.24. The predicted molar refractivity (Wildman–Crippen MR) is 181 cm³/mol. The van der Waals surface area contributed by atoms with Gasteiger partial charge in [-0.05, 0) is 80.3 Å². The number of sulfonamides is 1. The Kier molecular flexibility index (Phi) is 10.1. The number of nitrogens with one attached hydrogen (secondary N) is 2. The fourth-order valence-electron chi connectivity index (χ4n) is 6.25. The van der Waals surface area contributed by atoms with Crippen LogP contribution in [-0.4, -0.2) is 109 Å². The van der Waals surface area contributed by atoms with Crippen molar-refractivity contribution in [2.45, 2.75) is 49.3 Å². The number of carbonyl (C=O) groups is 3. The number of benzene rings is 2. The molecular weight excluding hydrogens is 651 g/mol. The highest BCUT2D eigenvalue weighted by atomic mass is 32.2. The summed E-state index contributed by atoms with van der Waals surface area (Å²) in [4.78, 5) is 47.4. The van der Waals surface area contributed by atoms with Crippen LogP contribution in [0.3, 0.4) is 0 Å². The highest BCUT2D eigenvalue weighted by molar-refractivity contribution is 7.89. The number of hydrogen-bond donors (Lipinski definition) is 3. The van der Waals surface area contributed by atoms with Crippen molar-refractivity contribution in [3.8, 4) is 0 Å². The van der Waals surface area contributed by atoms with Crippen LogP contribution in [0.25, 0.3) is 17.0 Å². The number of aliphatic hydroxyl groups excluding tert-OH is 1. The summed E-state index contributed by atoms with van der Waals surface area (Å²) in [5, 5.41) is 16.4. The van der Waals surface area contributed by atoms with Crippen LogP contribution in [0.1, 0.15) is 53.8 Å². The van der Waals surface area contributed by atoms with E-state index in [0.717, 1.165) is 18.4 Å². The first-order valence-electron chi connectivity index (χ1n) is 16.5. The molecule has 14 heteroatoms. The molecule has 3 aliphatic rings. The van der Waals surface area contributed by atoms with Crippen molar-refractivity contribution >= 4 is 44.7 Å². The van der Waals surface area contributed by atoms with Gasteiger partial charge in [0, 0.05) is 44.5 Å². The van der Waals surface area contributed by atoms with Gasteiger partial charge in [0.25, 0.3) is 5.91 Å². The summed E-state index contributed by atoms with van der Waals surface area (Å²) in [6.45, 7) is 3.43. The minimum absolute atomic E-state index is 0.0255. The molecule has 6 rings (SSSR count). The lowest BCUT2D eigenvalue weighted by molar-refractivity contribution is -0.138. The Labute approximate surface area is 285 Å². The minimum atomic E-state index is -3.71. The van der Waals surface area contributed by atoms with E-state index in [1.54, 1.807) is 31.2 Å². The average Bonchev–Trinajstić information content (AvgIpc) is 3.83. The zero-order valence-electron chi connectivity index (χ0n) is 27.5. The molecule has 0 unspecified atom stereocenters. The molecule has 3 atom stereocenters. The molecule has 49 heavy (non-hydrogen) atoms. The second-order valence-corrected chi connectivity index (χ2v) is 15.0. The zero-order chi connectivity index (χ0) is 34.9. The number of likely N-dealkylation sites (N-methyl/N-ethyl adjacent to an activating group) is 1. The number of hydrogen-bond acceptors (Lipinski definition) is 8. The van der Waals surface area contributed by atoms with Crippen LogP contribution in [0, 0.1) is 11.7 Å². The van der Waals surface area contributed by atoms with Gasteiger partial charge in [-0.2, -0.15) is 4.31 Å². The van der Waals surface area contributed by atoms with Gasteiger partial charge in [0.05, 0.1) is 29.1 Å². The molecule has 0 radical (unpaired) electrons. The molecule has 3 heterocycles. The standard InChI is InChI=1S/C35H41FN6O6S/c1-22(29-10-9-28(18-24(29)6-5-23-3-4-23)49(47,48)41-15-13-40(2)14-16-41)38-35(46)32-19-27(43)21-42(32)33(44)20-37-34(45)31-11-7-25-17-26(36)8-12-30(25)39-31/h5-12,17-18,22-23,27,32,43H,3-4,13-16,19-21H2,1-2H3,(H,37,45)(H,38,46)/b6-5+/t22-,27+,32-/m0/s1. The fraction of sp³-hybridized carbons (Fsp3) is 0.429. The van der Waals surface area contributed by atoms with E-state index in [2.05, 4.69) is 26.6 Å². The van der Waals surface area contributed by atoms with Gasteiger partial charge in [0.15, 0.2) is 0 Å². The van der Waals surface area contributed by atoms with Gasteiger partial charge in [-0.1, -0.05) is 24.3 Å². The maximum Gasteiger partial charge on any atom is 0.270 e. The lowest BCUT2D eigenvalue weighted by Gasteiger charge is -2.31. The topological polar surface area (TPSA) is 152 Å². The monoisotopic (exact) mass is 692 g/mol. The Morgan fingerprint density at radius 2 is 1.82 bits per heavy atom. The zero-order valence-corrected chi connectivity index (χ0v) is 28.3. The van der Waals surface area contributed by atoms with E-state index in [-0.39, 0.29) is 23.6 Å². The number of nitrogens with zero attached hydrogens (tertiary/aromatic N) is 4. The molecule has 0 bridgehead atoms. The number of halogens is 1. The second kappa shape index (κ2) is 14.3. The molecule has 2 aliphatic heterocycles. The van der Waals surface area contributed by atoms with E-state index in [4.69, 9.17) is 0 Å². The number of likely N-dealkylation sites (tertiary alicyclic amines) is 1. The fourth-order valence-corrected chi connectivity index (χ4v) is 7.71. The molecule has 1 saturated carbocycles. The Morgan fingerprint density at radius 1 is 1.06 bits per heavy atom. The molecule has 2 saturated heterocycles. The largest absolute Gasteiger partial charge is 0.391 e. The highest BCUT2D eigenvalue weighted by Gasteiger charge is 2.39. The second-order valence-electron chi connectivity index (χ2n) is 13.1. The van der Waals surface area contributed by atoms with E-state index in [0.29, 0.717) is 48.6 Å². The van der Waals surface area contributed by atoms with Crippen molar-refractivity contribution < 1.29 is 32.3 Å². The van der Waals surface area contributed by atoms with Crippen LogP contribution in [0.2, 0.25) is 0 Å². The molecule has 1 aliphatic carbocycles. The average molecular weight is 693 g/mol. The number of allylic oxidation sites excluding steroid dienone is 1. The van der Waals surface area contributed by atoms with Gasteiger partial charge in [-0.15, -0.1) is 0 Å². The number of rotatable bonds is 10. The van der Waals surface area contributed by atoms with Crippen LogP contribution in [0.4, 0.5) is 4.39 Å². The normalized spacial score (nSPS) is 21.3. The van der Waals surface area contributed by atoms with Crippen molar-refractivity contribution in [2.75, 3.05) is 46.3 Å². The quantitative estimate of drug-likeness (QED) is 0.293. The third kappa shape index (κ3) is 7.99. The molecule has 3 amide bonds. The third-order valence-electron chi connectivity index (χ3n) is 9.34. The number of aliphatic hydroxyl groups is 1. The number of aromatic nitrogens is 1. The summed E-state index contributed by atoms with van der Waals surface area (Å²) >= 11 is 0. The van der Waals surface area contributed by atoms with E-state index in [1.165, 1.54) is 33.5 Å². The molecule has 3 fully saturated rings. The summed E-state index contributed by atoms with van der Waals surface area (Å²) in [5.74, 6) is -1.62. The minimum Gasteiger partial charge on any atom is -0.391 e. The summed E-state index contributed by atoms with van der Waals surface area (Å²) in [6, 6.07) is 10.4. The van der Waals surface area contributed by atoms with Gasteiger partial charge in [-0.3, -0.25) is 14.4 Å². The Bertz CT molecular complexity index is 1890. The smallest absolute Gasteiger partial charge is 0.270 e. The molecule has 3 aromatic rings. The molecule has 0 spiro atoms. The van der Waals surface area contributed by atoms with Gasteiger partial charge in [0.2, 0.25) is 21.8 Å². The number of fused-ring (bicyclic) bond motifs is 1. The van der Waals surface area contributed by atoms with Crippen molar-refractivity contribution in [1.29, 1.82) is 0 Å². The summed E-state index contributed by atoms with van der Waals surface area (Å²) < 4.78 is 42.0. The molecule has 260 valence electrons. The molecule has 1 aromatic heterocycles. The van der Waals surface area contributed by atoms with Crippen LogP contribution in [0.5, 0.6) is 0 Å².